The van der Waals surface area contributed by atoms with Gasteiger partial charge in [-0.3, -0.25) is 0 Å². The van der Waals surface area contributed by atoms with Crippen molar-refractivity contribution in [3.63, 3.8) is 0 Å². The Labute approximate surface area is 101 Å². The smallest absolute Gasteiger partial charge is 0.118 e. The standard InChI is InChI=1S/C11H21N3OS/c1-9(2)8-11-14-13-10(16-11)4-5-12-6-7-15-3/h9,12H,4-8H2,1-3H3. The zero-order valence-corrected chi connectivity index (χ0v) is 11.1. The molecule has 0 amide bonds. The first-order valence-electron chi connectivity index (χ1n) is 5.73. The molecule has 5 heteroatoms. The molecule has 1 N–H and O–H groups in total. The van der Waals surface area contributed by atoms with Crippen molar-refractivity contribution in [2.75, 3.05) is 26.8 Å². The quantitative estimate of drug-likeness (QED) is 0.703. The third kappa shape index (κ3) is 5.53. The predicted octanol–water partition coefficient (Wildman–Crippen LogP) is 1.52. The van der Waals surface area contributed by atoms with E-state index in [4.69, 9.17) is 4.74 Å². The fourth-order valence-corrected chi connectivity index (χ4v) is 2.37. The summed E-state index contributed by atoms with van der Waals surface area (Å²) in [5, 5.41) is 14.0. The van der Waals surface area contributed by atoms with Gasteiger partial charge in [-0.1, -0.05) is 13.8 Å². The molecule has 0 aromatic carbocycles. The lowest BCUT2D eigenvalue weighted by atomic mass is 10.1. The van der Waals surface area contributed by atoms with Crippen LogP contribution in [0.2, 0.25) is 0 Å². The van der Waals surface area contributed by atoms with Gasteiger partial charge in [0, 0.05) is 33.0 Å². The minimum Gasteiger partial charge on any atom is -0.383 e. The van der Waals surface area contributed by atoms with Gasteiger partial charge in [0.2, 0.25) is 0 Å². The van der Waals surface area contributed by atoms with Gasteiger partial charge in [0.15, 0.2) is 0 Å². The Bertz CT molecular complexity index is 289. The van der Waals surface area contributed by atoms with Gasteiger partial charge in [-0.25, -0.2) is 0 Å². The van der Waals surface area contributed by atoms with Crippen LogP contribution in [0.5, 0.6) is 0 Å². The van der Waals surface area contributed by atoms with Crippen molar-refractivity contribution >= 4 is 11.3 Å². The normalized spacial score (nSPS) is 11.2. The van der Waals surface area contributed by atoms with Gasteiger partial charge in [-0.05, 0) is 5.92 Å². The van der Waals surface area contributed by atoms with E-state index in [0.29, 0.717) is 5.92 Å². The Morgan fingerprint density at radius 1 is 1.25 bits per heavy atom. The molecule has 0 saturated carbocycles. The number of methoxy groups -OCH3 is 1. The van der Waals surface area contributed by atoms with Crippen LogP contribution in [-0.4, -0.2) is 37.0 Å². The van der Waals surface area contributed by atoms with Crippen molar-refractivity contribution < 1.29 is 4.74 Å². The van der Waals surface area contributed by atoms with Crippen molar-refractivity contribution in [1.29, 1.82) is 0 Å². The fraction of sp³-hybridized carbons (Fsp3) is 0.818. The van der Waals surface area contributed by atoms with Gasteiger partial charge in [-0.15, -0.1) is 21.5 Å². The molecule has 1 aromatic rings. The first kappa shape index (κ1) is 13.5. The summed E-state index contributed by atoms with van der Waals surface area (Å²) in [5.41, 5.74) is 0. The summed E-state index contributed by atoms with van der Waals surface area (Å²) in [6.07, 6.45) is 1.99. The Balaban J connectivity index is 2.19. The van der Waals surface area contributed by atoms with Crippen LogP contribution in [0.1, 0.15) is 23.9 Å². The number of ether oxygens (including phenoxy) is 1. The lowest BCUT2D eigenvalue weighted by Crippen LogP contribution is -2.21. The SMILES string of the molecule is COCCNCCc1nnc(CC(C)C)s1. The molecule has 0 unspecified atom stereocenters. The van der Waals surface area contributed by atoms with Crippen molar-refractivity contribution in [3.05, 3.63) is 10.0 Å². The number of nitrogens with zero attached hydrogens (tertiary/aromatic N) is 2. The van der Waals surface area contributed by atoms with Gasteiger partial charge in [0.1, 0.15) is 10.0 Å². The highest BCUT2D eigenvalue weighted by molar-refractivity contribution is 7.11. The molecule has 0 radical (unpaired) electrons. The van der Waals surface area contributed by atoms with E-state index in [1.54, 1.807) is 18.4 Å². The second kappa shape index (κ2) is 7.70. The van der Waals surface area contributed by atoms with Crippen LogP contribution >= 0.6 is 11.3 Å². The maximum absolute atomic E-state index is 4.95. The zero-order chi connectivity index (χ0) is 11.8. The van der Waals surface area contributed by atoms with Gasteiger partial charge in [-0.2, -0.15) is 0 Å². The molecular formula is C11H21N3OS. The second-order valence-corrected chi connectivity index (χ2v) is 5.33. The third-order valence-electron chi connectivity index (χ3n) is 2.09. The molecule has 0 aliphatic carbocycles. The van der Waals surface area contributed by atoms with Crippen LogP contribution in [0, 0.1) is 5.92 Å². The Kier molecular flexibility index (Phi) is 6.52. The topological polar surface area (TPSA) is 47.0 Å². The van der Waals surface area contributed by atoms with Crippen LogP contribution in [0.15, 0.2) is 0 Å². The summed E-state index contributed by atoms with van der Waals surface area (Å²) in [5.74, 6) is 0.653. The van der Waals surface area contributed by atoms with E-state index in [1.165, 1.54) is 0 Å². The maximum Gasteiger partial charge on any atom is 0.118 e. The molecule has 92 valence electrons. The second-order valence-electron chi connectivity index (χ2n) is 4.18. The molecule has 1 aromatic heterocycles. The van der Waals surface area contributed by atoms with E-state index in [-0.39, 0.29) is 0 Å². The Hall–Kier alpha value is -0.520. The van der Waals surface area contributed by atoms with Crippen LogP contribution in [0.4, 0.5) is 0 Å². The van der Waals surface area contributed by atoms with Crippen LogP contribution in [-0.2, 0) is 17.6 Å². The molecule has 0 bridgehead atoms. The van der Waals surface area contributed by atoms with E-state index in [2.05, 4.69) is 29.4 Å². The van der Waals surface area contributed by atoms with Crippen molar-refractivity contribution in [2.24, 2.45) is 5.92 Å². The zero-order valence-electron chi connectivity index (χ0n) is 10.3. The average Bonchev–Trinajstić information content (AvgIpc) is 2.64. The van der Waals surface area contributed by atoms with E-state index in [9.17, 15) is 0 Å². The number of hydrogen-bond acceptors (Lipinski definition) is 5. The number of nitrogens with one attached hydrogen (secondary N) is 1. The Morgan fingerprint density at radius 3 is 2.69 bits per heavy atom. The molecule has 0 saturated heterocycles. The first-order valence-corrected chi connectivity index (χ1v) is 6.55. The van der Waals surface area contributed by atoms with Crippen molar-refractivity contribution in [1.82, 2.24) is 15.5 Å². The monoisotopic (exact) mass is 243 g/mol. The summed E-state index contributed by atoms with van der Waals surface area (Å²) in [6, 6.07) is 0. The molecular weight excluding hydrogens is 222 g/mol. The van der Waals surface area contributed by atoms with E-state index < -0.39 is 0 Å². The third-order valence-corrected chi connectivity index (χ3v) is 3.10. The molecule has 0 aliphatic rings. The van der Waals surface area contributed by atoms with Crippen LogP contribution in [0.25, 0.3) is 0 Å². The highest BCUT2D eigenvalue weighted by atomic mass is 32.1. The van der Waals surface area contributed by atoms with Crippen LogP contribution < -0.4 is 5.32 Å². The molecule has 0 atom stereocenters. The molecule has 4 nitrogen and oxygen atoms in total. The minimum atomic E-state index is 0.653. The van der Waals surface area contributed by atoms with E-state index in [1.807, 2.05) is 0 Å². The summed E-state index contributed by atoms with van der Waals surface area (Å²) in [7, 11) is 1.71. The first-order chi connectivity index (χ1) is 7.72. The molecule has 1 rings (SSSR count). The van der Waals surface area contributed by atoms with Gasteiger partial charge < -0.3 is 10.1 Å². The summed E-state index contributed by atoms with van der Waals surface area (Å²) < 4.78 is 4.95. The average molecular weight is 243 g/mol. The van der Waals surface area contributed by atoms with Crippen LogP contribution in [0.3, 0.4) is 0 Å². The minimum absolute atomic E-state index is 0.653. The molecule has 0 fully saturated rings. The van der Waals surface area contributed by atoms with E-state index in [0.717, 1.165) is 42.6 Å². The summed E-state index contributed by atoms with van der Waals surface area (Å²) in [4.78, 5) is 0. The molecule has 1 heterocycles. The van der Waals surface area contributed by atoms with Gasteiger partial charge in [0.25, 0.3) is 0 Å². The van der Waals surface area contributed by atoms with Gasteiger partial charge in [0.05, 0.1) is 6.61 Å². The number of hydrogen-bond donors (Lipinski definition) is 1. The highest BCUT2D eigenvalue weighted by Crippen LogP contribution is 2.14. The van der Waals surface area contributed by atoms with Gasteiger partial charge >= 0.3 is 0 Å². The maximum atomic E-state index is 4.95. The number of rotatable bonds is 8. The van der Waals surface area contributed by atoms with Crippen molar-refractivity contribution in [3.8, 4) is 0 Å². The molecule has 0 spiro atoms. The fourth-order valence-electron chi connectivity index (χ4n) is 1.32. The largest absolute Gasteiger partial charge is 0.383 e. The predicted molar refractivity (Wildman–Crippen MR) is 66.9 cm³/mol. The van der Waals surface area contributed by atoms with Crippen molar-refractivity contribution in [2.45, 2.75) is 26.7 Å². The molecule has 16 heavy (non-hydrogen) atoms. The lowest BCUT2D eigenvalue weighted by Gasteiger charge is -2.01. The summed E-state index contributed by atoms with van der Waals surface area (Å²) >= 11 is 1.73. The Morgan fingerprint density at radius 2 is 2.00 bits per heavy atom. The lowest BCUT2D eigenvalue weighted by molar-refractivity contribution is 0.199. The summed E-state index contributed by atoms with van der Waals surface area (Å²) in [6.45, 7) is 7.00. The highest BCUT2D eigenvalue weighted by Gasteiger charge is 2.05. The van der Waals surface area contributed by atoms with E-state index >= 15 is 0 Å². The molecule has 0 aliphatic heterocycles. The number of aromatic nitrogens is 2.